The van der Waals surface area contributed by atoms with Gasteiger partial charge in [-0.15, -0.1) is 0 Å². The van der Waals surface area contributed by atoms with E-state index in [-0.39, 0.29) is 4.90 Å². The Kier molecular flexibility index (Phi) is 5.93. The third-order valence-electron chi connectivity index (χ3n) is 3.93. The molecule has 0 heterocycles. The Morgan fingerprint density at radius 2 is 1.48 bits per heavy atom. The van der Waals surface area contributed by atoms with E-state index in [4.69, 9.17) is 0 Å². The monoisotopic (exact) mass is 443 g/mol. The van der Waals surface area contributed by atoms with Crippen LogP contribution in [0.2, 0.25) is 0 Å². The van der Waals surface area contributed by atoms with Crippen molar-refractivity contribution in [2.45, 2.75) is 4.90 Å². The van der Waals surface area contributed by atoms with E-state index in [1.54, 1.807) is 12.1 Å². The van der Waals surface area contributed by atoms with Gasteiger partial charge >= 0.3 is 0 Å². The fourth-order valence-electron chi connectivity index (χ4n) is 2.42. The summed E-state index contributed by atoms with van der Waals surface area (Å²) in [7, 11) is -1.69. The Bertz CT molecular complexity index is 1020. The second kappa shape index (κ2) is 8.37. The van der Waals surface area contributed by atoms with Crippen LogP contribution in [0, 0.1) is 0 Å². The van der Waals surface area contributed by atoms with Crippen LogP contribution in [0.25, 0.3) is 0 Å². The molecule has 0 saturated carbocycles. The smallest absolute Gasteiger partial charge is 0.276 e. The lowest BCUT2D eigenvalue weighted by molar-refractivity contribution is 0.584. The summed E-state index contributed by atoms with van der Waals surface area (Å²) in [4.78, 5) is 4.44. The number of sulfonamides is 1. The average Bonchev–Trinajstić information content (AvgIpc) is 2.69. The van der Waals surface area contributed by atoms with Gasteiger partial charge in [0, 0.05) is 22.9 Å². The van der Waals surface area contributed by atoms with E-state index in [0.717, 1.165) is 21.4 Å². The lowest BCUT2D eigenvalue weighted by Crippen LogP contribution is -2.18. The van der Waals surface area contributed by atoms with Crippen molar-refractivity contribution < 1.29 is 8.42 Å². The Labute approximate surface area is 167 Å². The Hall–Kier alpha value is -2.64. The highest BCUT2D eigenvalue weighted by Crippen LogP contribution is 2.23. The van der Waals surface area contributed by atoms with E-state index >= 15 is 0 Å². The second-order valence-electron chi connectivity index (χ2n) is 5.79. The molecule has 0 aliphatic rings. The predicted molar refractivity (Wildman–Crippen MR) is 113 cm³/mol. The predicted octanol–water partition coefficient (Wildman–Crippen LogP) is 4.53. The largest absolute Gasteiger partial charge is 0.345 e. The van der Waals surface area contributed by atoms with Crippen molar-refractivity contribution in [2.75, 3.05) is 11.9 Å². The topological polar surface area (TPSA) is 61.8 Å². The molecule has 138 valence electrons. The fourth-order valence-corrected chi connectivity index (χ4v) is 3.48. The zero-order valence-electron chi connectivity index (χ0n) is 14.6. The van der Waals surface area contributed by atoms with Crippen LogP contribution < -0.4 is 9.73 Å². The molecule has 0 bridgehead atoms. The van der Waals surface area contributed by atoms with Crippen molar-refractivity contribution in [3.8, 4) is 0 Å². The van der Waals surface area contributed by atoms with Gasteiger partial charge in [-0.3, -0.25) is 0 Å². The van der Waals surface area contributed by atoms with Gasteiger partial charge in [-0.2, -0.15) is 13.5 Å². The molecule has 3 rings (SSSR count). The van der Waals surface area contributed by atoms with Crippen molar-refractivity contribution in [2.24, 2.45) is 5.10 Å². The summed E-state index contributed by atoms with van der Waals surface area (Å²) in [5, 5.41) is 3.86. The summed E-state index contributed by atoms with van der Waals surface area (Å²) >= 11 is 3.28. The van der Waals surface area contributed by atoms with Crippen LogP contribution in [0.3, 0.4) is 0 Å². The maximum atomic E-state index is 12.2. The van der Waals surface area contributed by atoms with Crippen molar-refractivity contribution in [3.63, 3.8) is 0 Å². The second-order valence-corrected chi connectivity index (χ2v) is 8.37. The molecule has 0 aromatic heterocycles. The van der Waals surface area contributed by atoms with Gasteiger partial charge in [0.15, 0.2) is 0 Å². The molecule has 0 atom stereocenters. The van der Waals surface area contributed by atoms with Gasteiger partial charge in [0.2, 0.25) is 0 Å². The maximum absolute atomic E-state index is 12.2. The molecule has 3 aromatic carbocycles. The molecular weight excluding hydrogens is 426 g/mol. The molecular formula is C20H18BrN3O2S. The molecule has 3 aromatic rings. The van der Waals surface area contributed by atoms with Gasteiger partial charge in [0.05, 0.1) is 11.1 Å². The highest BCUT2D eigenvalue weighted by molar-refractivity contribution is 9.10. The van der Waals surface area contributed by atoms with Crippen LogP contribution >= 0.6 is 15.9 Å². The van der Waals surface area contributed by atoms with Gasteiger partial charge in [-0.05, 0) is 54.1 Å². The standard InChI is InChI=1S/C20H18BrN3O2S/c1-24(18-5-3-2-4-6-18)19-11-7-16(8-12-19)15-22-23-27(25,26)20-13-9-17(21)10-14-20/h2-15,23H,1H3. The molecule has 0 fully saturated rings. The van der Waals surface area contributed by atoms with E-state index in [1.165, 1.54) is 18.3 Å². The number of hydrazone groups is 1. The number of hydrogen-bond donors (Lipinski definition) is 1. The zero-order chi connectivity index (χ0) is 19.3. The normalized spacial score (nSPS) is 11.5. The molecule has 7 heteroatoms. The molecule has 27 heavy (non-hydrogen) atoms. The van der Waals surface area contributed by atoms with Gasteiger partial charge in [0.25, 0.3) is 10.0 Å². The summed E-state index contributed by atoms with van der Waals surface area (Å²) in [6.45, 7) is 0. The highest BCUT2D eigenvalue weighted by Gasteiger charge is 2.11. The average molecular weight is 444 g/mol. The minimum Gasteiger partial charge on any atom is -0.345 e. The lowest BCUT2D eigenvalue weighted by atomic mass is 10.2. The first-order chi connectivity index (χ1) is 13.0. The van der Waals surface area contributed by atoms with Crippen LogP contribution in [0.15, 0.2) is 93.3 Å². The SMILES string of the molecule is CN(c1ccccc1)c1ccc(C=NNS(=O)(=O)c2ccc(Br)cc2)cc1. The Morgan fingerprint density at radius 3 is 2.11 bits per heavy atom. The number of rotatable bonds is 6. The van der Waals surface area contributed by atoms with Crippen molar-refractivity contribution in [3.05, 3.63) is 88.9 Å². The van der Waals surface area contributed by atoms with Gasteiger partial charge in [-0.1, -0.05) is 46.3 Å². The van der Waals surface area contributed by atoms with Crippen molar-refractivity contribution in [1.82, 2.24) is 4.83 Å². The summed E-state index contributed by atoms with van der Waals surface area (Å²) in [6.07, 6.45) is 1.47. The number of nitrogens with one attached hydrogen (secondary N) is 1. The van der Waals surface area contributed by atoms with Crippen LogP contribution in [-0.2, 0) is 10.0 Å². The minimum absolute atomic E-state index is 0.155. The number of hydrogen-bond acceptors (Lipinski definition) is 4. The molecule has 0 aliphatic heterocycles. The zero-order valence-corrected chi connectivity index (χ0v) is 17.0. The molecule has 0 amide bonds. The number of benzene rings is 3. The van der Waals surface area contributed by atoms with Gasteiger partial charge < -0.3 is 4.90 Å². The molecule has 5 nitrogen and oxygen atoms in total. The number of halogens is 1. The highest BCUT2D eigenvalue weighted by atomic mass is 79.9. The van der Waals surface area contributed by atoms with E-state index in [9.17, 15) is 8.42 Å². The number of anilines is 2. The third kappa shape index (κ3) is 4.96. The first-order valence-corrected chi connectivity index (χ1v) is 10.4. The van der Waals surface area contributed by atoms with Crippen LogP contribution in [0.1, 0.15) is 5.56 Å². The summed E-state index contributed by atoms with van der Waals surface area (Å²) in [5.41, 5.74) is 2.90. The van der Waals surface area contributed by atoms with Crippen molar-refractivity contribution >= 4 is 43.5 Å². The van der Waals surface area contributed by atoms with E-state index in [0.29, 0.717) is 0 Å². The molecule has 0 spiro atoms. The van der Waals surface area contributed by atoms with Crippen LogP contribution in [0.5, 0.6) is 0 Å². The van der Waals surface area contributed by atoms with Crippen LogP contribution in [0.4, 0.5) is 11.4 Å². The van der Waals surface area contributed by atoms with E-state index in [1.807, 2.05) is 61.6 Å². The summed E-state index contributed by atoms with van der Waals surface area (Å²) in [6, 6.07) is 24.1. The van der Waals surface area contributed by atoms with Crippen molar-refractivity contribution in [1.29, 1.82) is 0 Å². The first-order valence-electron chi connectivity index (χ1n) is 8.15. The number of para-hydroxylation sites is 1. The number of nitrogens with zero attached hydrogens (tertiary/aromatic N) is 2. The Balaban J connectivity index is 1.66. The van der Waals surface area contributed by atoms with Crippen LogP contribution in [-0.4, -0.2) is 21.7 Å². The summed E-state index contributed by atoms with van der Waals surface area (Å²) < 4.78 is 25.2. The lowest BCUT2D eigenvalue weighted by Gasteiger charge is -2.19. The Morgan fingerprint density at radius 1 is 0.889 bits per heavy atom. The van der Waals surface area contributed by atoms with E-state index in [2.05, 4.69) is 30.8 Å². The molecule has 0 aliphatic carbocycles. The first kappa shape index (κ1) is 19.1. The molecule has 0 saturated heterocycles. The van der Waals surface area contributed by atoms with Gasteiger partial charge in [-0.25, -0.2) is 4.83 Å². The van der Waals surface area contributed by atoms with Gasteiger partial charge in [0.1, 0.15) is 0 Å². The quantitative estimate of drug-likeness (QED) is 0.449. The third-order valence-corrected chi connectivity index (χ3v) is 5.70. The van der Waals surface area contributed by atoms with E-state index < -0.39 is 10.0 Å². The molecule has 0 radical (unpaired) electrons. The minimum atomic E-state index is -3.68. The molecule has 0 unspecified atom stereocenters. The maximum Gasteiger partial charge on any atom is 0.276 e. The summed E-state index contributed by atoms with van der Waals surface area (Å²) in [5.74, 6) is 0. The fraction of sp³-hybridized carbons (Fsp3) is 0.0500. The molecule has 1 N–H and O–H groups in total.